The van der Waals surface area contributed by atoms with Crippen LogP contribution in [0.5, 0.6) is 0 Å². The maximum atomic E-state index is 10.9. The van der Waals surface area contributed by atoms with E-state index in [2.05, 4.69) is 10.5 Å². The first kappa shape index (κ1) is 10.9. The molecule has 0 heterocycles. The lowest BCUT2D eigenvalue weighted by Crippen LogP contribution is -2.02. The van der Waals surface area contributed by atoms with E-state index in [9.17, 15) is 4.79 Å². The number of benzene rings is 1. The summed E-state index contributed by atoms with van der Waals surface area (Å²) < 4.78 is 0. The average molecular weight is 205 g/mol. The van der Waals surface area contributed by atoms with Gasteiger partial charge in [-0.25, -0.2) is 4.79 Å². The molecule has 0 unspecified atom stereocenters. The lowest BCUT2D eigenvalue weighted by atomic mass is 10.1. The van der Waals surface area contributed by atoms with Gasteiger partial charge in [0.1, 0.15) is 0 Å². The SMILES string of the molecule is Cc1ccc(N/N=C\C=N)c(C(=O)O)c1. The van der Waals surface area contributed by atoms with Crippen molar-refractivity contribution in [2.75, 3.05) is 5.43 Å². The zero-order valence-electron chi connectivity index (χ0n) is 8.19. The summed E-state index contributed by atoms with van der Waals surface area (Å²) in [6, 6.07) is 4.99. The van der Waals surface area contributed by atoms with Crippen LogP contribution >= 0.6 is 0 Å². The maximum absolute atomic E-state index is 10.9. The van der Waals surface area contributed by atoms with E-state index in [-0.39, 0.29) is 5.56 Å². The van der Waals surface area contributed by atoms with E-state index in [0.29, 0.717) is 5.69 Å². The Labute approximate surface area is 86.9 Å². The predicted molar refractivity (Wildman–Crippen MR) is 59.0 cm³/mol. The number of anilines is 1. The Morgan fingerprint density at radius 1 is 1.60 bits per heavy atom. The molecule has 1 aromatic carbocycles. The molecular weight excluding hydrogens is 194 g/mol. The van der Waals surface area contributed by atoms with Crippen LogP contribution in [0.1, 0.15) is 15.9 Å². The van der Waals surface area contributed by atoms with Crippen LogP contribution in [0.15, 0.2) is 23.3 Å². The number of carboxylic acid groups (broad SMARTS) is 1. The summed E-state index contributed by atoms with van der Waals surface area (Å²) in [5.41, 5.74) is 4.00. The Balaban J connectivity index is 3.00. The van der Waals surface area contributed by atoms with Gasteiger partial charge in [0.25, 0.3) is 0 Å². The molecular formula is C10H11N3O2. The monoisotopic (exact) mass is 205 g/mol. The van der Waals surface area contributed by atoms with Gasteiger partial charge in [-0.1, -0.05) is 11.6 Å². The van der Waals surface area contributed by atoms with E-state index in [4.69, 9.17) is 10.5 Å². The molecule has 0 fully saturated rings. The van der Waals surface area contributed by atoms with Gasteiger partial charge in [0, 0.05) is 6.21 Å². The molecule has 0 aliphatic rings. The summed E-state index contributed by atoms with van der Waals surface area (Å²) in [6.45, 7) is 1.82. The highest BCUT2D eigenvalue weighted by Gasteiger charge is 2.08. The number of hydrazone groups is 1. The fourth-order valence-corrected chi connectivity index (χ4v) is 1.08. The molecule has 5 heteroatoms. The van der Waals surface area contributed by atoms with Crippen molar-refractivity contribution in [3.63, 3.8) is 0 Å². The molecule has 15 heavy (non-hydrogen) atoms. The summed E-state index contributed by atoms with van der Waals surface area (Å²) >= 11 is 0. The van der Waals surface area contributed by atoms with Gasteiger partial charge >= 0.3 is 5.97 Å². The summed E-state index contributed by atoms with van der Waals surface area (Å²) in [5.74, 6) is -1.01. The van der Waals surface area contributed by atoms with Crippen LogP contribution in [-0.4, -0.2) is 23.5 Å². The van der Waals surface area contributed by atoms with Gasteiger partial charge in [0.15, 0.2) is 0 Å². The number of carboxylic acids is 1. The van der Waals surface area contributed by atoms with Crippen LogP contribution in [0.3, 0.4) is 0 Å². The normalized spacial score (nSPS) is 10.2. The van der Waals surface area contributed by atoms with Crippen LogP contribution in [0.4, 0.5) is 5.69 Å². The van der Waals surface area contributed by atoms with Crippen molar-refractivity contribution >= 4 is 24.1 Å². The topological polar surface area (TPSA) is 85.5 Å². The van der Waals surface area contributed by atoms with Crippen molar-refractivity contribution in [3.05, 3.63) is 29.3 Å². The fourth-order valence-electron chi connectivity index (χ4n) is 1.08. The second-order valence-electron chi connectivity index (χ2n) is 2.91. The molecule has 0 radical (unpaired) electrons. The highest BCUT2D eigenvalue weighted by atomic mass is 16.4. The Morgan fingerprint density at radius 3 is 2.93 bits per heavy atom. The average Bonchev–Trinajstić information content (AvgIpc) is 2.20. The number of aromatic carboxylic acids is 1. The third-order valence-corrected chi connectivity index (χ3v) is 1.74. The molecule has 3 N–H and O–H groups in total. The molecule has 0 bridgehead atoms. The van der Waals surface area contributed by atoms with Crippen molar-refractivity contribution in [3.8, 4) is 0 Å². The Morgan fingerprint density at radius 2 is 2.33 bits per heavy atom. The number of nitrogens with one attached hydrogen (secondary N) is 2. The molecule has 0 aromatic heterocycles. The van der Waals surface area contributed by atoms with Crippen LogP contribution < -0.4 is 5.43 Å². The van der Waals surface area contributed by atoms with Crippen molar-refractivity contribution in [1.82, 2.24) is 0 Å². The number of hydrogen-bond acceptors (Lipinski definition) is 4. The van der Waals surface area contributed by atoms with Crippen LogP contribution in [0.25, 0.3) is 0 Å². The largest absolute Gasteiger partial charge is 0.478 e. The first-order chi connectivity index (χ1) is 7.15. The molecule has 1 aromatic rings. The first-order valence-electron chi connectivity index (χ1n) is 4.27. The lowest BCUT2D eigenvalue weighted by Gasteiger charge is -2.05. The number of rotatable bonds is 4. The van der Waals surface area contributed by atoms with E-state index in [1.54, 1.807) is 18.2 Å². The molecule has 0 aliphatic heterocycles. The van der Waals surface area contributed by atoms with Gasteiger partial charge in [-0.2, -0.15) is 5.10 Å². The summed E-state index contributed by atoms with van der Waals surface area (Å²) in [7, 11) is 0. The molecule has 0 aliphatic carbocycles. The van der Waals surface area contributed by atoms with Crippen LogP contribution in [-0.2, 0) is 0 Å². The number of aryl methyl sites for hydroxylation is 1. The van der Waals surface area contributed by atoms with E-state index < -0.39 is 5.97 Å². The zero-order chi connectivity index (χ0) is 11.3. The maximum Gasteiger partial charge on any atom is 0.337 e. The van der Waals surface area contributed by atoms with Gasteiger partial charge in [-0.15, -0.1) is 0 Å². The van der Waals surface area contributed by atoms with E-state index in [0.717, 1.165) is 11.8 Å². The van der Waals surface area contributed by atoms with Gasteiger partial charge < -0.3 is 10.5 Å². The lowest BCUT2D eigenvalue weighted by molar-refractivity contribution is 0.0698. The Bertz CT molecular complexity index is 413. The van der Waals surface area contributed by atoms with Gasteiger partial charge in [-0.05, 0) is 19.1 Å². The molecule has 5 nitrogen and oxygen atoms in total. The Kier molecular flexibility index (Phi) is 3.56. The summed E-state index contributed by atoms with van der Waals surface area (Å²) in [4.78, 5) is 10.9. The third-order valence-electron chi connectivity index (χ3n) is 1.74. The number of hydrogen-bond donors (Lipinski definition) is 3. The second kappa shape index (κ2) is 4.90. The third kappa shape index (κ3) is 2.91. The van der Waals surface area contributed by atoms with E-state index >= 15 is 0 Å². The van der Waals surface area contributed by atoms with Crippen molar-refractivity contribution in [1.29, 1.82) is 5.41 Å². The standard InChI is InChI=1S/C10H11N3O2/c1-7-2-3-9(13-12-5-4-11)8(6-7)10(14)15/h2-6,11,13H,1H3,(H,14,15)/b11-4?,12-5-. The van der Waals surface area contributed by atoms with Crippen molar-refractivity contribution < 1.29 is 9.90 Å². The molecule has 0 saturated carbocycles. The van der Waals surface area contributed by atoms with Gasteiger partial charge in [0.2, 0.25) is 0 Å². The molecule has 1 rings (SSSR count). The first-order valence-corrected chi connectivity index (χ1v) is 4.27. The molecule has 0 atom stereocenters. The highest BCUT2D eigenvalue weighted by Crippen LogP contribution is 2.17. The quantitative estimate of drug-likeness (QED) is 0.517. The smallest absolute Gasteiger partial charge is 0.337 e. The minimum Gasteiger partial charge on any atom is -0.478 e. The Hall–Kier alpha value is -2.17. The molecule has 0 saturated heterocycles. The highest BCUT2D eigenvalue weighted by molar-refractivity contribution is 6.14. The second-order valence-corrected chi connectivity index (χ2v) is 2.91. The van der Waals surface area contributed by atoms with Crippen molar-refractivity contribution in [2.24, 2.45) is 5.10 Å². The molecule has 0 spiro atoms. The van der Waals surface area contributed by atoms with E-state index in [1.807, 2.05) is 6.92 Å². The van der Waals surface area contributed by atoms with Crippen LogP contribution in [0.2, 0.25) is 0 Å². The molecule has 0 amide bonds. The fraction of sp³-hybridized carbons (Fsp3) is 0.100. The number of nitrogens with zero attached hydrogens (tertiary/aromatic N) is 1. The van der Waals surface area contributed by atoms with Crippen molar-refractivity contribution in [2.45, 2.75) is 6.92 Å². The summed E-state index contributed by atoms with van der Waals surface area (Å²) in [6.07, 6.45) is 2.23. The van der Waals surface area contributed by atoms with E-state index in [1.165, 1.54) is 6.21 Å². The molecule has 78 valence electrons. The summed E-state index contributed by atoms with van der Waals surface area (Å²) in [5, 5.41) is 19.3. The van der Waals surface area contributed by atoms with Crippen LogP contribution in [0, 0.1) is 12.3 Å². The van der Waals surface area contributed by atoms with Gasteiger partial charge in [0.05, 0.1) is 17.5 Å². The van der Waals surface area contributed by atoms with Gasteiger partial charge in [-0.3, -0.25) is 5.43 Å². The number of carbonyl (C=O) groups is 1. The minimum absolute atomic E-state index is 0.164. The minimum atomic E-state index is -1.01. The zero-order valence-corrected chi connectivity index (χ0v) is 8.19. The predicted octanol–water partition coefficient (Wildman–Crippen LogP) is 1.74.